The van der Waals surface area contributed by atoms with Gasteiger partial charge in [0.25, 0.3) is 0 Å². The lowest BCUT2D eigenvalue weighted by molar-refractivity contribution is 0.413. The molecule has 1 aromatic heterocycles. The van der Waals surface area contributed by atoms with Gasteiger partial charge >= 0.3 is 0 Å². The van der Waals surface area contributed by atoms with Crippen LogP contribution in [-0.2, 0) is 0 Å². The molecule has 0 unspecified atom stereocenters. The number of halogens is 1. The molecule has 0 aliphatic rings. The van der Waals surface area contributed by atoms with Crippen molar-refractivity contribution in [1.29, 1.82) is 0 Å². The van der Waals surface area contributed by atoms with E-state index in [1.807, 2.05) is 19.1 Å². The number of methoxy groups -OCH3 is 1. The number of nitrogens with one attached hydrogen (secondary N) is 1. The molecule has 0 saturated heterocycles. The molecule has 0 radical (unpaired) electrons. The van der Waals surface area contributed by atoms with Crippen LogP contribution in [-0.4, -0.2) is 17.1 Å². The van der Waals surface area contributed by atoms with Gasteiger partial charge in [0, 0.05) is 5.69 Å². The molecule has 2 rings (SSSR count). The standard InChI is InChI=1S/C13H14ClN3O/c1-8-4-5-10(9(2)6-8)17-13-11(18-3)12(14)15-7-16-13/h4-7H,1-3H3,(H,15,16,17). The minimum Gasteiger partial charge on any atom is -0.490 e. The van der Waals surface area contributed by atoms with Crippen molar-refractivity contribution in [3.63, 3.8) is 0 Å². The lowest BCUT2D eigenvalue weighted by Crippen LogP contribution is -2.00. The predicted octanol–water partition coefficient (Wildman–Crippen LogP) is 3.50. The Hall–Kier alpha value is -1.81. The van der Waals surface area contributed by atoms with Gasteiger partial charge in [0.05, 0.1) is 7.11 Å². The Balaban J connectivity index is 2.37. The van der Waals surface area contributed by atoms with Gasteiger partial charge in [0.1, 0.15) is 6.33 Å². The van der Waals surface area contributed by atoms with E-state index in [1.165, 1.54) is 19.0 Å². The van der Waals surface area contributed by atoms with E-state index in [0.29, 0.717) is 16.7 Å². The Bertz CT molecular complexity index is 572. The van der Waals surface area contributed by atoms with Crippen molar-refractivity contribution in [2.24, 2.45) is 0 Å². The van der Waals surface area contributed by atoms with Crippen LogP contribution in [0.2, 0.25) is 5.15 Å². The van der Waals surface area contributed by atoms with E-state index in [1.54, 1.807) is 0 Å². The van der Waals surface area contributed by atoms with Crippen molar-refractivity contribution < 1.29 is 4.74 Å². The number of aryl methyl sites for hydroxylation is 2. The number of hydrogen-bond acceptors (Lipinski definition) is 4. The molecule has 0 spiro atoms. The fourth-order valence-electron chi connectivity index (χ4n) is 1.70. The highest BCUT2D eigenvalue weighted by atomic mass is 35.5. The molecule has 0 fully saturated rings. The largest absolute Gasteiger partial charge is 0.490 e. The summed E-state index contributed by atoms with van der Waals surface area (Å²) in [6.07, 6.45) is 1.40. The molecule has 1 aromatic carbocycles. The van der Waals surface area contributed by atoms with Gasteiger partial charge in [-0.15, -0.1) is 0 Å². The number of nitrogens with zero attached hydrogens (tertiary/aromatic N) is 2. The lowest BCUT2D eigenvalue weighted by Gasteiger charge is -2.12. The third-order valence-corrected chi connectivity index (χ3v) is 2.87. The van der Waals surface area contributed by atoms with Crippen LogP contribution < -0.4 is 10.1 Å². The maximum Gasteiger partial charge on any atom is 0.199 e. The number of rotatable bonds is 3. The van der Waals surface area contributed by atoms with E-state index in [0.717, 1.165) is 11.3 Å². The van der Waals surface area contributed by atoms with E-state index >= 15 is 0 Å². The molecule has 0 amide bonds. The molecule has 0 saturated carbocycles. The Morgan fingerprint density at radius 3 is 2.67 bits per heavy atom. The SMILES string of the molecule is COc1c(Cl)ncnc1Nc1ccc(C)cc1C. The van der Waals surface area contributed by atoms with Crippen LogP contribution >= 0.6 is 11.6 Å². The van der Waals surface area contributed by atoms with Crippen molar-refractivity contribution in [3.05, 3.63) is 40.8 Å². The number of hydrogen-bond donors (Lipinski definition) is 1. The summed E-state index contributed by atoms with van der Waals surface area (Å²) in [5, 5.41) is 3.49. The first-order chi connectivity index (χ1) is 8.61. The van der Waals surface area contributed by atoms with Crippen LogP contribution in [0.4, 0.5) is 11.5 Å². The first-order valence-electron chi connectivity index (χ1n) is 5.50. The quantitative estimate of drug-likeness (QED) is 0.861. The third kappa shape index (κ3) is 2.54. The van der Waals surface area contributed by atoms with Gasteiger partial charge in [-0.2, -0.15) is 0 Å². The Labute approximate surface area is 111 Å². The smallest absolute Gasteiger partial charge is 0.199 e. The summed E-state index contributed by atoms with van der Waals surface area (Å²) in [6, 6.07) is 6.13. The molecular formula is C13H14ClN3O. The highest BCUT2D eigenvalue weighted by Gasteiger charge is 2.11. The summed E-state index contributed by atoms with van der Waals surface area (Å²) in [4.78, 5) is 8.02. The molecule has 0 aliphatic carbocycles. The van der Waals surface area contributed by atoms with Crippen molar-refractivity contribution in [2.75, 3.05) is 12.4 Å². The molecule has 94 valence electrons. The van der Waals surface area contributed by atoms with Crippen molar-refractivity contribution in [3.8, 4) is 5.75 Å². The molecule has 18 heavy (non-hydrogen) atoms. The van der Waals surface area contributed by atoms with Gasteiger partial charge in [-0.25, -0.2) is 9.97 Å². The van der Waals surface area contributed by atoms with Gasteiger partial charge < -0.3 is 10.1 Å². The average molecular weight is 264 g/mol. The topological polar surface area (TPSA) is 47.0 Å². The first-order valence-corrected chi connectivity index (χ1v) is 5.88. The van der Waals surface area contributed by atoms with Crippen LogP contribution in [0.5, 0.6) is 5.75 Å². The molecule has 0 bridgehead atoms. The number of aromatic nitrogens is 2. The first kappa shape index (κ1) is 12.6. The Morgan fingerprint density at radius 2 is 2.00 bits per heavy atom. The summed E-state index contributed by atoms with van der Waals surface area (Å²) >= 11 is 5.94. The van der Waals surface area contributed by atoms with Crippen LogP contribution in [0.25, 0.3) is 0 Å². The molecule has 2 aromatic rings. The van der Waals surface area contributed by atoms with Crippen LogP contribution in [0, 0.1) is 13.8 Å². The maximum absolute atomic E-state index is 5.94. The Morgan fingerprint density at radius 1 is 1.22 bits per heavy atom. The van der Waals surface area contributed by atoms with Gasteiger partial charge in [-0.05, 0) is 25.5 Å². The maximum atomic E-state index is 5.94. The number of ether oxygens (including phenoxy) is 1. The minimum absolute atomic E-state index is 0.291. The predicted molar refractivity (Wildman–Crippen MR) is 72.8 cm³/mol. The van der Waals surface area contributed by atoms with E-state index in [4.69, 9.17) is 16.3 Å². The molecule has 1 heterocycles. The monoisotopic (exact) mass is 263 g/mol. The van der Waals surface area contributed by atoms with E-state index in [2.05, 4.69) is 28.3 Å². The number of benzene rings is 1. The minimum atomic E-state index is 0.291. The summed E-state index contributed by atoms with van der Waals surface area (Å²) in [5.74, 6) is 1.00. The molecule has 0 atom stereocenters. The molecule has 5 heteroatoms. The normalized spacial score (nSPS) is 10.2. The summed E-state index contributed by atoms with van der Waals surface area (Å²) in [5.41, 5.74) is 3.31. The van der Waals surface area contributed by atoms with Crippen LogP contribution in [0.3, 0.4) is 0 Å². The second-order valence-electron chi connectivity index (χ2n) is 3.99. The second-order valence-corrected chi connectivity index (χ2v) is 4.35. The lowest BCUT2D eigenvalue weighted by atomic mass is 10.1. The van der Waals surface area contributed by atoms with Crippen LogP contribution in [0.15, 0.2) is 24.5 Å². The van der Waals surface area contributed by atoms with E-state index in [-0.39, 0.29) is 0 Å². The Kier molecular flexibility index (Phi) is 3.67. The van der Waals surface area contributed by atoms with Crippen molar-refractivity contribution in [1.82, 2.24) is 9.97 Å². The summed E-state index contributed by atoms with van der Waals surface area (Å²) in [6.45, 7) is 4.09. The van der Waals surface area contributed by atoms with Gasteiger partial charge in [0.2, 0.25) is 0 Å². The molecular weight excluding hydrogens is 250 g/mol. The third-order valence-electron chi connectivity index (χ3n) is 2.60. The molecule has 0 aliphatic heterocycles. The summed E-state index contributed by atoms with van der Waals surface area (Å²) < 4.78 is 5.19. The van der Waals surface area contributed by atoms with Gasteiger partial charge in [0.15, 0.2) is 16.7 Å². The van der Waals surface area contributed by atoms with Crippen molar-refractivity contribution >= 4 is 23.1 Å². The van der Waals surface area contributed by atoms with Gasteiger partial charge in [-0.3, -0.25) is 0 Å². The second kappa shape index (κ2) is 5.23. The van der Waals surface area contributed by atoms with Crippen LogP contribution in [0.1, 0.15) is 11.1 Å². The van der Waals surface area contributed by atoms with E-state index < -0.39 is 0 Å². The molecule has 4 nitrogen and oxygen atoms in total. The van der Waals surface area contributed by atoms with E-state index in [9.17, 15) is 0 Å². The number of anilines is 2. The van der Waals surface area contributed by atoms with Gasteiger partial charge in [-0.1, -0.05) is 29.3 Å². The highest BCUT2D eigenvalue weighted by Crippen LogP contribution is 2.31. The molecule has 1 N–H and O–H groups in total. The zero-order valence-corrected chi connectivity index (χ0v) is 11.2. The zero-order valence-electron chi connectivity index (χ0n) is 10.5. The highest BCUT2D eigenvalue weighted by molar-refractivity contribution is 6.31. The fourth-order valence-corrected chi connectivity index (χ4v) is 1.91. The zero-order chi connectivity index (χ0) is 13.1. The average Bonchev–Trinajstić information content (AvgIpc) is 2.33. The fraction of sp³-hybridized carbons (Fsp3) is 0.231. The summed E-state index contributed by atoms with van der Waals surface area (Å²) in [7, 11) is 1.54. The van der Waals surface area contributed by atoms with Crippen molar-refractivity contribution in [2.45, 2.75) is 13.8 Å².